The zero-order valence-corrected chi connectivity index (χ0v) is 21.2. The normalized spacial score (nSPS) is 20.8. The number of halogens is 1. The smallest absolute Gasteiger partial charge is 0.332 e. The number of ketones is 1. The van der Waals surface area contributed by atoms with Gasteiger partial charge in [0.15, 0.2) is 6.29 Å². The molecule has 2 aliphatic rings. The number of allylic oxidation sites excluding steroid dienone is 2. The fraction of sp³-hybridized carbons (Fsp3) is 0.741. The first-order valence-electron chi connectivity index (χ1n) is 13.0. The van der Waals surface area contributed by atoms with Crippen LogP contribution in [0.15, 0.2) is 23.0 Å². The summed E-state index contributed by atoms with van der Waals surface area (Å²) in [7, 11) is 1.26. The van der Waals surface area contributed by atoms with Crippen LogP contribution < -0.4 is 0 Å². The van der Waals surface area contributed by atoms with Gasteiger partial charge in [0.1, 0.15) is 17.7 Å². The monoisotopic (exact) mass is 496 g/mol. The number of hydrogen-bond acceptors (Lipinski definition) is 6. The summed E-state index contributed by atoms with van der Waals surface area (Å²) >= 11 is 0. The Morgan fingerprint density at radius 2 is 1.83 bits per heavy atom. The number of esters is 1. The molecular formula is C27H41FO7. The van der Waals surface area contributed by atoms with Crippen molar-refractivity contribution >= 4 is 17.7 Å². The van der Waals surface area contributed by atoms with E-state index in [1.807, 2.05) is 6.92 Å². The minimum Gasteiger partial charge on any atom is -0.478 e. The van der Waals surface area contributed by atoms with Crippen LogP contribution in [0.3, 0.4) is 0 Å². The van der Waals surface area contributed by atoms with Crippen LogP contribution in [-0.2, 0) is 28.6 Å². The third kappa shape index (κ3) is 10.1. The van der Waals surface area contributed by atoms with E-state index >= 15 is 0 Å². The van der Waals surface area contributed by atoms with Gasteiger partial charge in [-0.25, -0.2) is 9.18 Å². The lowest BCUT2D eigenvalue weighted by molar-refractivity contribution is -0.142. The molecule has 1 aliphatic heterocycles. The third-order valence-electron chi connectivity index (χ3n) is 6.65. The Hall–Kier alpha value is -2.22. The Kier molecular flexibility index (Phi) is 13.0. The van der Waals surface area contributed by atoms with Crippen LogP contribution in [0, 0.1) is 5.92 Å². The molecule has 1 saturated carbocycles. The van der Waals surface area contributed by atoms with Crippen molar-refractivity contribution < 1.29 is 38.1 Å². The molecule has 1 N–H and O–H groups in total. The van der Waals surface area contributed by atoms with Crippen molar-refractivity contribution in [2.45, 2.75) is 109 Å². The van der Waals surface area contributed by atoms with Crippen molar-refractivity contribution in [1.29, 1.82) is 0 Å². The van der Waals surface area contributed by atoms with Gasteiger partial charge in [0.05, 0.1) is 20.1 Å². The van der Waals surface area contributed by atoms with Crippen LogP contribution in [0.4, 0.5) is 4.39 Å². The van der Waals surface area contributed by atoms with E-state index in [9.17, 15) is 23.9 Å². The highest BCUT2D eigenvalue weighted by Gasteiger charge is 2.31. The maximum absolute atomic E-state index is 14.6. The molecule has 2 rings (SSSR count). The van der Waals surface area contributed by atoms with Gasteiger partial charge in [-0.2, -0.15) is 0 Å². The number of unbranched alkanes of at least 4 members (excludes halogenated alkanes) is 1. The van der Waals surface area contributed by atoms with E-state index in [0.29, 0.717) is 19.4 Å². The molecule has 0 amide bonds. The standard InChI is InChI=1S/C27H41FO7/c1-3-4-11-20(28)13-15-23(35-25-12-7-8-17-34-25)22(18-21(29)14-16-24(30)33-2)26(27(31)32)19-9-5-6-10-19/h15,19-20,25H,3-14,16-18H2,1-2H3,(H,31,32)/t20?,25-/m0/s1. The quantitative estimate of drug-likeness (QED) is 0.132. The van der Waals surface area contributed by atoms with E-state index in [1.54, 1.807) is 6.08 Å². The van der Waals surface area contributed by atoms with Crippen LogP contribution in [0.25, 0.3) is 0 Å². The molecule has 1 aliphatic carbocycles. The Morgan fingerprint density at radius 1 is 1.11 bits per heavy atom. The second-order valence-corrected chi connectivity index (χ2v) is 9.43. The highest BCUT2D eigenvalue weighted by atomic mass is 19.1. The highest BCUT2D eigenvalue weighted by Crippen LogP contribution is 2.37. The van der Waals surface area contributed by atoms with Gasteiger partial charge in [0.25, 0.3) is 0 Å². The van der Waals surface area contributed by atoms with E-state index in [4.69, 9.17) is 9.47 Å². The van der Waals surface area contributed by atoms with Gasteiger partial charge in [0, 0.05) is 36.8 Å². The molecule has 35 heavy (non-hydrogen) atoms. The first kappa shape index (κ1) is 29.0. The number of Topliss-reactive ketones (excluding diaryl/α,β-unsaturated/α-hetero) is 1. The second-order valence-electron chi connectivity index (χ2n) is 9.43. The molecule has 0 aromatic rings. The van der Waals surface area contributed by atoms with E-state index in [0.717, 1.165) is 51.4 Å². The van der Waals surface area contributed by atoms with Crippen LogP contribution in [-0.4, -0.2) is 49.0 Å². The summed E-state index contributed by atoms with van der Waals surface area (Å²) in [5.41, 5.74) is 0.455. The molecule has 2 fully saturated rings. The van der Waals surface area contributed by atoms with Gasteiger partial charge in [-0.15, -0.1) is 0 Å². The predicted octanol–water partition coefficient (Wildman–Crippen LogP) is 5.82. The third-order valence-corrected chi connectivity index (χ3v) is 6.65. The van der Waals surface area contributed by atoms with Gasteiger partial charge in [-0.3, -0.25) is 9.59 Å². The molecule has 0 radical (unpaired) electrons. The van der Waals surface area contributed by atoms with Crippen molar-refractivity contribution in [1.82, 2.24) is 0 Å². The van der Waals surface area contributed by atoms with Crippen molar-refractivity contribution in [3.05, 3.63) is 23.0 Å². The van der Waals surface area contributed by atoms with Crippen molar-refractivity contribution in [3.63, 3.8) is 0 Å². The summed E-state index contributed by atoms with van der Waals surface area (Å²) in [6.07, 6.45) is 7.46. The number of ether oxygens (including phenoxy) is 3. The molecule has 1 heterocycles. The van der Waals surface area contributed by atoms with Crippen molar-refractivity contribution in [2.24, 2.45) is 5.92 Å². The maximum atomic E-state index is 14.6. The van der Waals surface area contributed by atoms with Gasteiger partial charge >= 0.3 is 11.9 Å². The summed E-state index contributed by atoms with van der Waals surface area (Å²) in [6, 6.07) is 0. The number of methoxy groups -OCH3 is 1. The van der Waals surface area contributed by atoms with Crippen molar-refractivity contribution in [2.75, 3.05) is 13.7 Å². The molecule has 0 spiro atoms. The maximum Gasteiger partial charge on any atom is 0.332 e. The fourth-order valence-corrected chi connectivity index (χ4v) is 4.68. The Bertz CT molecular complexity index is 761. The largest absolute Gasteiger partial charge is 0.478 e. The lowest BCUT2D eigenvalue weighted by atomic mass is 9.88. The highest BCUT2D eigenvalue weighted by molar-refractivity contribution is 5.92. The van der Waals surface area contributed by atoms with Crippen LogP contribution in [0.5, 0.6) is 0 Å². The molecular weight excluding hydrogens is 455 g/mol. The van der Waals surface area contributed by atoms with E-state index in [-0.39, 0.29) is 54.3 Å². The SMILES string of the molecule is CCCCC(F)CC=C(O[C@H]1CCCCO1)C(CC(=O)CCC(=O)OC)=C(C(=O)O)C1CCCC1. The van der Waals surface area contributed by atoms with E-state index < -0.39 is 24.4 Å². The summed E-state index contributed by atoms with van der Waals surface area (Å²) in [6.45, 7) is 2.53. The number of hydrogen-bond donors (Lipinski definition) is 1. The average molecular weight is 497 g/mol. The first-order chi connectivity index (χ1) is 16.8. The summed E-state index contributed by atoms with van der Waals surface area (Å²) < 4.78 is 31.1. The molecule has 8 heteroatoms. The number of carbonyl (C=O) groups excluding carboxylic acids is 2. The number of carbonyl (C=O) groups is 3. The van der Waals surface area contributed by atoms with Gasteiger partial charge < -0.3 is 19.3 Å². The van der Waals surface area contributed by atoms with E-state index in [1.165, 1.54) is 7.11 Å². The number of alkyl halides is 1. The minimum absolute atomic E-state index is 0.0663. The lowest BCUT2D eigenvalue weighted by Crippen LogP contribution is -2.24. The molecule has 1 saturated heterocycles. The Labute approximate surface area is 208 Å². The molecule has 198 valence electrons. The van der Waals surface area contributed by atoms with Crippen LogP contribution >= 0.6 is 0 Å². The van der Waals surface area contributed by atoms with Crippen LogP contribution in [0.2, 0.25) is 0 Å². The number of carboxylic acids is 1. The zero-order valence-electron chi connectivity index (χ0n) is 21.2. The molecule has 0 aromatic heterocycles. The lowest BCUT2D eigenvalue weighted by Gasteiger charge is -2.27. The van der Waals surface area contributed by atoms with Gasteiger partial charge in [-0.05, 0) is 44.1 Å². The second kappa shape index (κ2) is 15.7. The average Bonchev–Trinajstić information content (AvgIpc) is 3.38. The summed E-state index contributed by atoms with van der Waals surface area (Å²) in [5, 5.41) is 10.2. The molecule has 0 aromatic carbocycles. The van der Waals surface area contributed by atoms with E-state index in [2.05, 4.69) is 4.74 Å². The number of rotatable bonds is 15. The molecule has 0 bridgehead atoms. The van der Waals surface area contributed by atoms with Crippen molar-refractivity contribution in [3.8, 4) is 0 Å². The topological polar surface area (TPSA) is 99.1 Å². The van der Waals surface area contributed by atoms with Crippen LogP contribution in [0.1, 0.15) is 96.8 Å². The van der Waals surface area contributed by atoms with Gasteiger partial charge in [-0.1, -0.05) is 32.6 Å². The van der Waals surface area contributed by atoms with Gasteiger partial charge in [0.2, 0.25) is 0 Å². The predicted molar refractivity (Wildman–Crippen MR) is 129 cm³/mol. The summed E-state index contributed by atoms with van der Waals surface area (Å²) in [4.78, 5) is 36.9. The Balaban J connectivity index is 2.42. The number of aliphatic carboxylic acids is 1. The first-order valence-corrected chi connectivity index (χ1v) is 13.0. The summed E-state index contributed by atoms with van der Waals surface area (Å²) in [5.74, 6) is -1.85. The molecule has 7 nitrogen and oxygen atoms in total. The molecule has 1 unspecified atom stereocenters. The zero-order chi connectivity index (χ0) is 25.6. The minimum atomic E-state index is -1.09. The Morgan fingerprint density at radius 3 is 2.43 bits per heavy atom. The fourth-order valence-electron chi connectivity index (χ4n) is 4.68. The number of carboxylic acid groups (broad SMARTS) is 1. The molecule has 2 atom stereocenters.